The summed E-state index contributed by atoms with van der Waals surface area (Å²) < 4.78 is 10.6. The molecule has 7 nitrogen and oxygen atoms in total. The number of anilines is 2. The van der Waals surface area contributed by atoms with Crippen LogP contribution in [0.25, 0.3) is 11.6 Å². The van der Waals surface area contributed by atoms with Crippen LogP contribution in [0.1, 0.15) is 37.8 Å². The molecule has 0 saturated carbocycles. The molecule has 2 aromatic carbocycles. The van der Waals surface area contributed by atoms with Crippen molar-refractivity contribution >= 4 is 17.4 Å². The molecule has 2 aromatic heterocycles. The highest BCUT2D eigenvalue weighted by atomic mass is 16.5. The molecule has 0 saturated heterocycles. The zero-order valence-electron chi connectivity index (χ0n) is 17.7. The summed E-state index contributed by atoms with van der Waals surface area (Å²) in [4.78, 5) is 16.9. The van der Waals surface area contributed by atoms with Crippen LogP contribution in [0.15, 0.2) is 75.9 Å². The van der Waals surface area contributed by atoms with Crippen molar-refractivity contribution in [2.24, 2.45) is 0 Å². The minimum atomic E-state index is -0.322. The molecule has 4 aromatic rings. The average molecular weight is 416 g/mol. The van der Waals surface area contributed by atoms with Gasteiger partial charge in [0.25, 0.3) is 0 Å². The van der Waals surface area contributed by atoms with Crippen molar-refractivity contribution in [3.05, 3.63) is 83.9 Å². The Morgan fingerprint density at radius 1 is 0.968 bits per heavy atom. The van der Waals surface area contributed by atoms with Gasteiger partial charge in [-0.05, 0) is 46.9 Å². The van der Waals surface area contributed by atoms with Gasteiger partial charge < -0.3 is 19.6 Å². The number of nitrogens with one attached hydrogen (secondary N) is 2. The van der Waals surface area contributed by atoms with E-state index in [0.717, 1.165) is 11.3 Å². The van der Waals surface area contributed by atoms with Crippen molar-refractivity contribution in [3.63, 3.8) is 0 Å². The number of hydrogen-bond acceptors (Lipinski definition) is 5. The molecule has 31 heavy (non-hydrogen) atoms. The number of aromatic nitrogens is 2. The highest BCUT2D eigenvalue weighted by Crippen LogP contribution is 2.24. The molecule has 2 amide bonds. The molecule has 0 aliphatic carbocycles. The van der Waals surface area contributed by atoms with Gasteiger partial charge in [-0.3, -0.25) is 0 Å². The van der Waals surface area contributed by atoms with Gasteiger partial charge in [0.2, 0.25) is 11.7 Å². The van der Waals surface area contributed by atoms with E-state index < -0.39 is 0 Å². The Balaban J connectivity index is 1.43. The second-order valence-electron chi connectivity index (χ2n) is 8.23. The molecule has 0 aliphatic heterocycles. The Bertz CT molecular complexity index is 1160. The van der Waals surface area contributed by atoms with Crippen LogP contribution in [0.4, 0.5) is 16.2 Å². The van der Waals surface area contributed by atoms with E-state index in [1.807, 2.05) is 48.5 Å². The first-order valence-corrected chi connectivity index (χ1v) is 10.0. The van der Waals surface area contributed by atoms with E-state index in [9.17, 15) is 4.79 Å². The van der Waals surface area contributed by atoms with Crippen LogP contribution in [0.5, 0.6) is 0 Å². The normalized spacial score (nSPS) is 11.3. The minimum absolute atomic E-state index is 0.0608. The molecule has 0 bridgehead atoms. The van der Waals surface area contributed by atoms with Crippen molar-refractivity contribution in [2.45, 2.75) is 32.6 Å². The van der Waals surface area contributed by atoms with Crippen molar-refractivity contribution in [3.8, 4) is 11.6 Å². The molecule has 4 rings (SSSR count). The molecule has 7 heteroatoms. The van der Waals surface area contributed by atoms with E-state index in [1.165, 1.54) is 5.56 Å². The highest BCUT2D eigenvalue weighted by molar-refractivity contribution is 6.00. The summed E-state index contributed by atoms with van der Waals surface area (Å²) in [6.07, 6.45) is 1.93. The third-order valence-corrected chi connectivity index (χ3v) is 4.83. The minimum Gasteiger partial charge on any atom is -0.461 e. The summed E-state index contributed by atoms with van der Waals surface area (Å²) in [5.74, 6) is 1.36. The van der Waals surface area contributed by atoms with Gasteiger partial charge >= 0.3 is 6.03 Å². The molecule has 0 unspecified atom stereocenters. The van der Waals surface area contributed by atoms with E-state index >= 15 is 0 Å². The molecule has 2 N–H and O–H groups in total. The van der Waals surface area contributed by atoms with Crippen molar-refractivity contribution in [1.82, 2.24) is 10.1 Å². The first-order valence-electron chi connectivity index (χ1n) is 10.0. The summed E-state index contributed by atoms with van der Waals surface area (Å²) in [6.45, 7) is 6.46. The van der Waals surface area contributed by atoms with Crippen LogP contribution >= 0.6 is 0 Å². The summed E-state index contributed by atoms with van der Waals surface area (Å²) >= 11 is 0. The maximum absolute atomic E-state index is 12.5. The lowest BCUT2D eigenvalue weighted by molar-refractivity contribution is 0.262. The van der Waals surface area contributed by atoms with Crippen LogP contribution in [0.2, 0.25) is 0 Å². The molecule has 0 atom stereocenters. The molecule has 2 heterocycles. The predicted molar refractivity (Wildman–Crippen MR) is 119 cm³/mol. The van der Waals surface area contributed by atoms with Crippen molar-refractivity contribution in [2.75, 3.05) is 10.6 Å². The molecular formula is C24H24N4O3. The fraction of sp³-hybridized carbons (Fsp3) is 0.208. The predicted octanol–water partition coefficient (Wildman–Crippen LogP) is 5.86. The molecule has 0 fully saturated rings. The van der Waals surface area contributed by atoms with Gasteiger partial charge in [0.15, 0.2) is 5.76 Å². The monoisotopic (exact) mass is 416 g/mol. The number of furan rings is 1. The number of amides is 2. The first-order chi connectivity index (χ1) is 14.9. The van der Waals surface area contributed by atoms with E-state index in [2.05, 4.69) is 41.5 Å². The Labute approximate surface area is 180 Å². The number of urea groups is 1. The Morgan fingerprint density at radius 3 is 2.45 bits per heavy atom. The van der Waals surface area contributed by atoms with Gasteiger partial charge in [-0.25, -0.2) is 4.79 Å². The number of carbonyl (C=O) groups is 1. The SMILES string of the molecule is CC(C)(C)c1ccc(NC(=O)Nc2ccccc2Cc2nc(-c3ccco3)no2)cc1. The Kier molecular flexibility index (Phi) is 5.58. The van der Waals surface area contributed by atoms with Crippen LogP contribution in [0, 0.1) is 0 Å². The molecule has 0 radical (unpaired) electrons. The number of para-hydroxylation sites is 1. The van der Waals surface area contributed by atoms with Gasteiger partial charge in [-0.1, -0.05) is 56.3 Å². The molecule has 0 spiro atoms. The number of rotatable bonds is 5. The van der Waals surface area contributed by atoms with Crippen molar-refractivity contribution in [1.29, 1.82) is 0 Å². The smallest absolute Gasteiger partial charge is 0.323 e. The Morgan fingerprint density at radius 2 is 1.74 bits per heavy atom. The third-order valence-electron chi connectivity index (χ3n) is 4.83. The summed E-state index contributed by atoms with van der Waals surface area (Å²) in [5.41, 5.74) is 3.52. The van der Waals surface area contributed by atoms with Gasteiger partial charge in [-0.2, -0.15) is 4.98 Å². The van der Waals surface area contributed by atoms with Gasteiger partial charge in [0.1, 0.15) is 0 Å². The zero-order valence-corrected chi connectivity index (χ0v) is 17.7. The van der Waals surface area contributed by atoms with Crippen LogP contribution < -0.4 is 10.6 Å². The maximum atomic E-state index is 12.5. The molecule has 158 valence electrons. The Hall–Kier alpha value is -3.87. The van der Waals surface area contributed by atoms with Crippen LogP contribution in [-0.4, -0.2) is 16.2 Å². The fourth-order valence-corrected chi connectivity index (χ4v) is 3.13. The quantitative estimate of drug-likeness (QED) is 0.425. The summed E-state index contributed by atoms with van der Waals surface area (Å²) in [7, 11) is 0. The van der Waals surface area contributed by atoms with Crippen LogP contribution in [0.3, 0.4) is 0 Å². The van der Waals surface area contributed by atoms with Crippen molar-refractivity contribution < 1.29 is 13.7 Å². The average Bonchev–Trinajstić information content (AvgIpc) is 3.41. The van der Waals surface area contributed by atoms with Crippen LogP contribution in [-0.2, 0) is 11.8 Å². The second kappa shape index (κ2) is 8.47. The fourth-order valence-electron chi connectivity index (χ4n) is 3.13. The number of benzene rings is 2. The molecular weight excluding hydrogens is 392 g/mol. The van der Waals surface area contributed by atoms with E-state index in [4.69, 9.17) is 8.94 Å². The topological polar surface area (TPSA) is 93.2 Å². The number of carbonyl (C=O) groups excluding carboxylic acids is 1. The third kappa shape index (κ3) is 5.01. The number of hydrogen-bond donors (Lipinski definition) is 2. The van der Waals surface area contributed by atoms with Gasteiger partial charge in [0, 0.05) is 11.4 Å². The number of nitrogens with zero attached hydrogens (tertiary/aromatic N) is 2. The lowest BCUT2D eigenvalue weighted by Crippen LogP contribution is -2.20. The van der Waals surface area contributed by atoms with E-state index in [0.29, 0.717) is 29.6 Å². The van der Waals surface area contributed by atoms with E-state index in [1.54, 1.807) is 18.4 Å². The van der Waals surface area contributed by atoms with Gasteiger partial charge in [-0.15, -0.1) is 0 Å². The van der Waals surface area contributed by atoms with E-state index in [-0.39, 0.29) is 11.4 Å². The lowest BCUT2D eigenvalue weighted by Gasteiger charge is -2.19. The summed E-state index contributed by atoms with van der Waals surface area (Å²) in [5, 5.41) is 9.71. The lowest BCUT2D eigenvalue weighted by atomic mass is 9.87. The molecule has 0 aliphatic rings. The summed E-state index contributed by atoms with van der Waals surface area (Å²) in [6, 6.07) is 18.6. The highest BCUT2D eigenvalue weighted by Gasteiger charge is 2.15. The zero-order chi connectivity index (χ0) is 21.8. The first kappa shape index (κ1) is 20.4. The van der Waals surface area contributed by atoms with Gasteiger partial charge in [0.05, 0.1) is 12.7 Å². The largest absolute Gasteiger partial charge is 0.461 e. The second-order valence-corrected chi connectivity index (χ2v) is 8.23. The standard InChI is InChI=1S/C24H24N4O3/c1-24(2,3)17-10-12-18(13-11-17)25-23(29)26-19-8-5-4-7-16(19)15-21-27-22(28-31-21)20-9-6-14-30-20/h4-14H,15H2,1-3H3,(H2,25,26,29). The maximum Gasteiger partial charge on any atom is 0.323 e.